The first-order valence-corrected chi connectivity index (χ1v) is 14.7. The Kier molecular flexibility index (Phi) is 8.60. The molecule has 4 aromatic rings. The molecule has 0 heterocycles. The third kappa shape index (κ3) is 6.25. The summed E-state index contributed by atoms with van der Waals surface area (Å²) in [5.41, 5.74) is 4.64. The molecule has 5 nitrogen and oxygen atoms in total. The quantitative estimate of drug-likeness (QED) is 0.124. The van der Waals surface area contributed by atoms with Crippen molar-refractivity contribution in [1.29, 1.82) is 0 Å². The fraction of sp³-hybridized carbons (Fsp3) is 0.273. The summed E-state index contributed by atoms with van der Waals surface area (Å²) >= 11 is 0. The molecule has 204 valence electrons. The molecule has 0 N–H and O–H groups in total. The number of methoxy groups -OCH3 is 1. The monoisotopic (exact) mass is 544 g/mol. The molecule has 0 amide bonds. The van der Waals surface area contributed by atoms with E-state index in [4.69, 9.17) is 13.7 Å². The molecule has 4 aromatic carbocycles. The maximum Gasteiger partial charge on any atom is 0.264 e. The fourth-order valence-electron chi connectivity index (χ4n) is 5.00. The van der Waals surface area contributed by atoms with Crippen molar-refractivity contribution in [2.24, 2.45) is 0 Å². The summed E-state index contributed by atoms with van der Waals surface area (Å²) in [6.45, 7) is 6.24. The SMILES string of the molecule is COCOc1c(COS(C)(=O)=O)cc(C(C)(C)C)cc1C(c1ccccc1)(c1ccccc1)c1ccccc1. The van der Waals surface area contributed by atoms with Crippen molar-refractivity contribution in [2.75, 3.05) is 20.2 Å². The van der Waals surface area contributed by atoms with Crippen molar-refractivity contribution in [3.05, 3.63) is 137 Å². The third-order valence-electron chi connectivity index (χ3n) is 6.81. The molecular formula is C33H36O5S. The predicted molar refractivity (Wildman–Crippen MR) is 156 cm³/mol. The third-order valence-corrected chi connectivity index (χ3v) is 7.35. The lowest BCUT2D eigenvalue weighted by Gasteiger charge is -2.39. The topological polar surface area (TPSA) is 61.8 Å². The Hall–Kier alpha value is -3.45. The Labute approximate surface area is 232 Å². The van der Waals surface area contributed by atoms with Gasteiger partial charge in [-0.25, -0.2) is 0 Å². The van der Waals surface area contributed by atoms with Crippen LogP contribution in [0.3, 0.4) is 0 Å². The van der Waals surface area contributed by atoms with Gasteiger partial charge in [0.1, 0.15) is 5.75 Å². The van der Waals surface area contributed by atoms with E-state index in [2.05, 4.69) is 63.2 Å². The van der Waals surface area contributed by atoms with Gasteiger partial charge in [0.05, 0.1) is 18.3 Å². The summed E-state index contributed by atoms with van der Waals surface area (Å²) in [4.78, 5) is 0. The van der Waals surface area contributed by atoms with Gasteiger partial charge in [-0.15, -0.1) is 0 Å². The van der Waals surface area contributed by atoms with E-state index in [0.717, 1.165) is 34.1 Å². The lowest BCUT2D eigenvalue weighted by molar-refractivity contribution is 0.0486. The maximum atomic E-state index is 12.1. The summed E-state index contributed by atoms with van der Waals surface area (Å²) in [5, 5.41) is 0. The van der Waals surface area contributed by atoms with E-state index in [1.165, 1.54) is 0 Å². The highest BCUT2D eigenvalue weighted by Crippen LogP contribution is 2.50. The summed E-state index contributed by atoms with van der Waals surface area (Å²) in [6.07, 6.45) is 1.05. The van der Waals surface area contributed by atoms with Crippen LogP contribution in [0.1, 0.15) is 54.2 Å². The van der Waals surface area contributed by atoms with Gasteiger partial charge in [0, 0.05) is 18.2 Å². The van der Waals surface area contributed by atoms with Crippen molar-refractivity contribution in [3.63, 3.8) is 0 Å². The van der Waals surface area contributed by atoms with E-state index in [9.17, 15) is 8.42 Å². The molecule has 0 bridgehead atoms. The second kappa shape index (κ2) is 11.7. The molecule has 0 aliphatic carbocycles. The van der Waals surface area contributed by atoms with Gasteiger partial charge in [-0.1, -0.05) is 112 Å². The van der Waals surface area contributed by atoms with E-state index >= 15 is 0 Å². The molecule has 0 atom stereocenters. The van der Waals surface area contributed by atoms with E-state index in [0.29, 0.717) is 11.3 Å². The van der Waals surface area contributed by atoms with Crippen LogP contribution in [0.25, 0.3) is 0 Å². The maximum absolute atomic E-state index is 12.1. The van der Waals surface area contributed by atoms with Crippen LogP contribution in [0.2, 0.25) is 0 Å². The number of rotatable bonds is 10. The number of hydrogen-bond donors (Lipinski definition) is 0. The Morgan fingerprint density at radius 3 is 1.54 bits per heavy atom. The molecule has 0 saturated heterocycles. The zero-order chi connectivity index (χ0) is 28.1. The molecule has 4 rings (SSSR count). The van der Waals surface area contributed by atoms with E-state index in [1.54, 1.807) is 7.11 Å². The van der Waals surface area contributed by atoms with Crippen molar-refractivity contribution in [1.82, 2.24) is 0 Å². The Morgan fingerprint density at radius 2 is 1.15 bits per heavy atom. The van der Waals surface area contributed by atoms with Crippen LogP contribution in [-0.2, 0) is 36.5 Å². The lowest BCUT2D eigenvalue weighted by atomic mass is 9.63. The first kappa shape index (κ1) is 28.6. The standard InChI is InChI=1S/C33H36O5S/c1-32(2,3)29-21-25(23-38-39(5,34)35)31(37-24-36-4)30(22-29)33(26-15-9-6-10-16-26,27-17-11-7-12-18-27)28-19-13-8-14-20-28/h6-22H,23-24H2,1-5H3. The van der Waals surface area contributed by atoms with Gasteiger partial charge in [0.25, 0.3) is 10.1 Å². The smallest absolute Gasteiger partial charge is 0.264 e. The minimum absolute atomic E-state index is 0.0117. The van der Waals surface area contributed by atoms with E-state index in [-0.39, 0.29) is 18.8 Å². The highest BCUT2D eigenvalue weighted by Gasteiger charge is 2.42. The van der Waals surface area contributed by atoms with Crippen LogP contribution in [0.4, 0.5) is 0 Å². The zero-order valence-corrected chi connectivity index (χ0v) is 24.0. The minimum Gasteiger partial charge on any atom is -0.467 e. The van der Waals surface area contributed by atoms with Gasteiger partial charge in [0.2, 0.25) is 0 Å². The van der Waals surface area contributed by atoms with Crippen molar-refractivity contribution < 1.29 is 22.1 Å². The molecule has 0 unspecified atom stereocenters. The average Bonchev–Trinajstić information content (AvgIpc) is 2.92. The normalized spacial score (nSPS) is 12.3. The van der Waals surface area contributed by atoms with Gasteiger partial charge in [-0.2, -0.15) is 8.42 Å². The molecule has 39 heavy (non-hydrogen) atoms. The van der Waals surface area contributed by atoms with Gasteiger partial charge < -0.3 is 9.47 Å². The van der Waals surface area contributed by atoms with Gasteiger partial charge in [-0.05, 0) is 39.8 Å². The van der Waals surface area contributed by atoms with Crippen LogP contribution < -0.4 is 4.74 Å². The number of benzene rings is 4. The first-order valence-electron chi connectivity index (χ1n) is 12.9. The molecule has 0 fully saturated rings. The van der Waals surface area contributed by atoms with Gasteiger partial charge in [0.15, 0.2) is 6.79 Å². The Balaban J connectivity index is 2.21. The van der Waals surface area contributed by atoms with Crippen LogP contribution >= 0.6 is 0 Å². The Bertz CT molecular complexity index is 1380. The summed E-state index contributed by atoms with van der Waals surface area (Å²) < 4.78 is 41.2. The molecule has 0 aliphatic heterocycles. The second-order valence-electron chi connectivity index (χ2n) is 10.6. The Morgan fingerprint density at radius 1 is 0.692 bits per heavy atom. The first-order chi connectivity index (χ1) is 18.6. The second-order valence-corrected chi connectivity index (χ2v) is 12.3. The molecule has 0 spiro atoms. The average molecular weight is 545 g/mol. The highest BCUT2D eigenvalue weighted by atomic mass is 32.2. The van der Waals surface area contributed by atoms with Crippen LogP contribution in [-0.4, -0.2) is 28.6 Å². The van der Waals surface area contributed by atoms with E-state index in [1.807, 2.05) is 60.7 Å². The number of hydrogen-bond acceptors (Lipinski definition) is 5. The fourth-order valence-corrected chi connectivity index (χ4v) is 5.34. The van der Waals surface area contributed by atoms with Crippen molar-refractivity contribution in [3.8, 4) is 5.75 Å². The van der Waals surface area contributed by atoms with Gasteiger partial charge >= 0.3 is 0 Å². The minimum atomic E-state index is -3.70. The van der Waals surface area contributed by atoms with Crippen molar-refractivity contribution >= 4 is 10.1 Å². The predicted octanol–water partition coefficient (Wildman–Crippen LogP) is 6.83. The number of ether oxygens (including phenoxy) is 2. The van der Waals surface area contributed by atoms with E-state index < -0.39 is 15.5 Å². The summed E-state index contributed by atoms with van der Waals surface area (Å²) in [7, 11) is -2.14. The molecular weight excluding hydrogens is 508 g/mol. The largest absolute Gasteiger partial charge is 0.467 e. The summed E-state index contributed by atoms with van der Waals surface area (Å²) in [6, 6.07) is 35.1. The molecule has 6 heteroatoms. The molecule has 0 saturated carbocycles. The van der Waals surface area contributed by atoms with Gasteiger partial charge in [-0.3, -0.25) is 4.18 Å². The van der Waals surface area contributed by atoms with Crippen molar-refractivity contribution in [2.45, 2.75) is 38.2 Å². The zero-order valence-electron chi connectivity index (χ0n) is 23.2. The van der Waals surface area contributed by atoms with Crippen LogP contribution in [0.15, 0.2) is 103 Å². The summed E-state index contributed by atoms with van der Waals surface area (Å²) in [5.74, 6) is 0.532. The lowest BCUT2D eigenvalue weighted by Crippen LogP contribution is -2.33. The molecule has 0 aliphatic rings. The van der Waals surface area contributed by atoms with Crippen LogP contribution in [0.5, 0.6) is 5.75 Å². The van der Waals surface area contributed by atoms with Crippen LogP contribution in [0, 0.1) is 0 Å². The molecule has 0 radical (unpaired) electrons. The highest BCUT2D eigenvalue weighted by molar-refractivity contribution is 7.85. The molecule has 0 aromatic heterocycles.